The minimum atomic E-state index is 0.189. The molecule has 1 atom stereocenters. The molecule has 1 aliphatic rings. The third-order valence-corrected chi connectivity index (χ3v) is 2.79. The lowest BCUT2D eigenvalue weighted by molar-refractivity contribution is -0.110. The molecule has 0 unspecified atom stereocenters. The highest BCUT2D eigenvalue weighted by Crippen LogP contribution is 2.22. The average molecular weight is 205 g/mol. The fraction of sp³-hybridized carbons (Fsp3) is 0.455. The first kappa shape index (κ1) is 9.96. The van der Waals surface area contributed by atoms with E-state index in [0.717, 1.165) is 37.3 Å². The van der Waals surface area contributed by atoms with Crippen LogP contribution >= 0.6 is 0 Å². The Morgan fingerprint density at radius 2 is 2.47 bits per heavy atom. The predicted octanol–water partition coefficient (Wildman–Crippen LogP) is 1.15. The molecule has 1 N–H and O–H groups in total. The quantitative estimate of drug-likeness (QED) is 0.752. The molecule has 1 aromatic rings. The van der Waals surface area contributed by atoms with Gasteiger partial charge in [-0.3, -0.25) is 0 Å². The van der Waals surface area contributed by atoms with Crippen molar-refractivity contribution in [2.45, 2.75) is 6.42 Å². The number of hydrogen-bond donors (Lipinski definition) is 1. The summed E-state index contributed by atoms with van der Waals surface area (Å²) in [6.07, 6.45) is 3.85. The van der Waals surface area contributed by atoms with Gasteiger partial charge in [0.25, 0.3) is 0 Å². The topological polar surface area (TPSA) is 45.2 Å². The molecule has 0 aromatic carbocycles. The van der Waals surface area contributed by atoms with Crippen molar-refractivity contribution in [1.82, 2.24) is 4.98 Å². The Hall–Kier alpha value is -1.58. The minimum absolute atomic E-state index is 0.189. The van der Waals surface area contributed by atoms with Crippen LogP contribution in [0.3, 0.4) is 0 Å². The molecule has 4 heteroatoms. The van der Waals surface area contributed by atoms with Crippen LogP contribution in [-0.2, 0) is 4.79 Å². The molecule has 2 rings (SSSR count). The maximum absolute atomic E-state index is 10.6. The molecule has 0 bridgehead atoms. The first-order valence-corrected chi connectivity index (χ1v) is 5.17. The van der Waals surface area contributed by atoms with E-state index in [1.54, 1.807) is 0 Å². The molecule has 0 aliphatic carbocycles. The van der Waals surface area contributed by atoms with Crippen molar-refractivity contribution < 1.29 is 4.79 Å². The second kappa shape index (κ2) is 4.29. The van der Waals surface area contributed by atoms with Crippen LogP contribution in [0.2, 0.25) is 0 Å². The molecular formula is C11H15N3O. The van der Waals surface area contributed by atoms with Crippen LogP contribution in [0, 0.1) is 5.92 Å². The van der Waals surface area contributed by atoms with Gasteiger partial charge in [0.1, 0.15) is 12.1 Å². The molecule has 15 heavy (non-hydrogen) atoms. The zero-order valence-corrected chi connectivity index (χ0v) is 8.81. The maximum atomic E-state index is 10.6. The van der Waals surface area contributed by atoms with E-state index in [-0.39, 0.29) is 5.92 Å². The number of hydrogen-bond acceptors (Lipinski definition) is 4. The van der Waals surface area contributed by atoms with Crippen molar-refractivity contribution in [2.75, 3.05) is 30.4 Å². The Bertz CT molecular complexity index is 336. The number of aldehydes is 1. The Morgan fingerprint density at radius 3 is 3.00 bits per heavy atom. The van der Waals surface area contributed by atoms with E-state index in [1.165, 1.54) is 0 Å². The van der Waals surface area contributed by atoms with E-state index < -0.39 is 0 Å². The molecule has 4 nitrogen and oxygen atoms in total. The van der Waals surface area contributed by atoms with E-state index >= 15 is 0 Å². The smallest absolute Gasteiger partial charge is 0.125 e. The van der Waals surface area contributed by atoms with Gasteiger partial charge in [0.2, 0.25) is 0 Å². The second-order valence-electron chi connectivity index (χ2n) is 3.78. The molecule has 0 amide bonds. The monoisotopic (exact) mass is 205 g/mol. The summed E-state index contributed by atoms with van der Waals surface area (Å²) in [5.74, 6) is 1.05. The number of nitrogens with one attached hydrogen (secondary N) is 1. The van der Waals surface area contributed by atoms with Gasteiger partial charge in [-0.25, -0.2) is 4.98 Å². The zero-order chi connectivity index (χ0) is 10.7. The number of nitrogens with zero attached hydrogens (tertiary/aromatic N) is 2. The lowest BCUT2D eigenvalue weighted by atomic mass is 10.1. The first-order valence-electron chi connectivity index (χ1n) is 5.17. The average Bonchev–Trinajstić information content (AvgIpc) is 2.78. The highest BCUT2D eigenvalue weighted by Gasteiger charge is 2.21. The number of anilines is 2. The summed E-state index contributed by atoms with van der Waals surface area (Å²) in [7, 11) is 1.85. The summed E-state index contributed by atoms with van der Waals surface area (Å²) in [5, 5.41) is 2.98. The van der Waals surface area contributed by atoms with Crippen molar-refractivity contribution in [3.05, 3.63) is 18.3 Å². The fourth-order valence-electron chi connectivity index (χ4n) is 1.85. The van der Waals surface area contributed by atoms with Gasteiger partial charge in [-0.05, 0) is 18.6 Å². The van der Waals surface area contributed by atoms with Crippen LogP contribution in [0.15, 0.2) is 18.3 Å². The molecule has 1 saturated heterocycles. The summed E-state index contributed by atoms with van der Waals surface area (Å²) in [6.45, 7) is 1.77. The van der Waals surface area contributed by atoms with Gasteiger partial charge in [-0.15, -0.1) is 0 Å². The Balaban J connectivity index is 2.07. The van der Waals surface area contributed by atoms with E-state index in [9.17, 15) is 4.79 Å². The molecule has 1 aliphatic heterocycles. The number of aromatic nitrogens is 1. The molecule has 0 radical (unpaired) electrons. The maximum Gasteiger partial charge on any atom is 0.125 e. The normalized spacial score (nSPS) is 20.3. The van der Waals surface area contributed by atoms with Gasteiger partial charge < -0.3 is 15.0 Å². The van der Waals surface area contributed by atoms with Gasteiger partial charge in [0.05, 0.1) is 11.9 Å². The van der Waals surface area contributed by atoms with Crippen LogP contribution in [-0.4, -0.2) is 31.4 Å². The van der Waals surface area contributed by atoms with Crippen LogP contribution in [0.25, 0.3) is 0 Å². The molecule has 2 heterocycles. The molecule has 0 spiro atoms. The Labute approximate surface area is 89.3 Å². The van der Waals surface area contributed by atoms with Crippen molar-refractivity contribution in [3.63, 3.8) is 0 Å². The van der Waals surface area contributed by atoms with Crippen molar-refractivity contribution in [1.29, 1.82) is 0 Å². The summed E-state index contributed by atoms with van der Waals surface area (Å²) in [5.41, 5.74) is 1.10. The van der Waals surface area contributed by atoms with E-state index in [1.807, 2.05) is 25.4 Å². The molecule has 80 valence electrons. The van der Waals surface area contributed by atoms with Gasteiger partial charge in [0, 0.05) is 26.1 Å². The number of pyridine rings is 1. The molecule has 0 saturated carbocycles. The third kappa shape index (κ3) is 2.09. The van der Waals surface area contributed by atoms with Crippen molar-refractivity contribution in [2.24, 2.45) is 5.92 Å². The highest BCUT2D eigenvalue weighted by molar-refractivity contribution is 5.58. The molecule has 1 aromatic heterocycles. The summed E-state index contributed by atoms with van der Waals surface area (Å²) < 4.78 is 0. The summed E-state index contributed by atoms with van der Waals surface area (Å²) in [4.78, 5) is 17.1. The van der Waals surface area contributed by atoms with Gasteiger partial charge >= 0.3 is 0 Å². The predicted molar refractivity (Wildman–Crippen MR) is 60.2 cm³/mol. The van der Waals surface area contributed by atoms with Crippen LogP contribution in [0.1, 0.15) is 6.42 Å². The summed E-state index contributed by atoms with van der Waals surface area (Å²) in [6, 6.07) is 3.98. The largest absolute Gasteiger partial charge is 0.373 e. The molecular weight excluding hydrogens is 190 g/mol. The Kier molecular flexibility index (Phi) is 2.85. The van der Waals surface area contributed by atoms with E-state index in [2.05, 4.69) is 15.2 Å². The third-order valence-electron chi connectivity index (χ3n) is 2.79. The van der Waals surface area contributed by atoms with Crippen LogP contribution in [0.5, 0.6) is 0 Å². The van der Waals surface area contributed by atoms with E-state index in [4.69, 9.17) is 0 Å². The van der Waals surface area contributed by atoms with E-state index in [0.29, 0.717) is 0 Å². The fourth-order valence-corrected chi connectivity index (χ4v) is 1.85. The first-order chi connectivity index (χ1) is 7.33. The number of carbonyl (C=O) groups excluding carboxylic acids is 1. The highest BCUT2D eigenvalue weighted by atomic mass is 16.1. The van der Waals surface area contributed by atoms with Crippen molar-refractivity contribution >= 4 is 17.8 Å². The van der Waals surface area contributed by atoms with Crippen LogP contribution < -0.4 is 10.2 Å². The SMILES string of the molecule is CNc1ccc(N2CC[C@@H](C=O)C2)cn1. The lowest BCUT2D eigenvalue weighted by Crippen LogP contribution is -2.20. The number of carbonyl (C=O) groups is 1. The summed E-state index contributed by atoms with van der Waals surface area (Å²) >= 11 is 0. The van der Waals surface area contributed by atoms with Gasteiger partial charge in [-0.1, -0.05) is 0 Å². The van der Waals surface area contributed by atoms with Gasteiger partial charge in [-0.2, -0.15) is 0 Å². The Morgan fingerprint density at radius 1 is 1.60 bits per heavy atom. The standard InChI is InChI=1S/C11H15N3O/c1-12-11-3-2-10(6-13-11)14-5-4-9(7-14)8-15/h2-3,6,8-9H,4-5,7H2,1H3,(H,12,13)/t9-/m1/s1. The zero-order valence-electron chi connectivity index (χ0n) is 8.81. The number of rotatable bonds is 3. The lowest BCUT2D eigenvalue weighted by Gasteiger charge is -2.17. The molecule has 1 fully saturated rings. The van der Waals surface area contributed by atoms with Crippen LogP contribution in [0.4, 0.5) is 11.5 Å². The van der Waals surface area contributed by atoms with Gasteiger partial charge in [0.15, 0.2) is 0 Å². The minimum Gasteiger partial charge on any atom is -0.373 e. The van der Waals surface area contributed by atoms with Crippen molar-refractivity contribution in [3.8, 4) is 0 Å². The second-order valence-corrected chi connectivity index (χ2v) is 3.78.